The molecule has 0 spiro atoms. The Kier molecular flexibility index (Phi) is 5.48. The maximum Gasteiger partial charge on any atom is 0.332 e. The molecule has 0 aromatic carbocycles. The fourth-order valence-electron chi connectivity index (χ4n) is 4.58. The van der Waals surface area contributed by atoms with E-state index < -0.39 is 11.2 Å². The van der Waals surface area contributed by atoms with Gasteiger partial charge in [-0.15, -0.1) is 0 Å². The van der Waals surface area contributed by atoms with E-state index in [1.54, 1.807) is 16.5 Å². The molecule has 0 N–H and O–H groups in total. The molecule has 2 amide bonds. The predicted octanol–water partition coefficient (Wildman–Crippen LogP) is -0.173. The van der Waals surface area contributed by atoms with Crippen LogP contribution in [0.2, 0.25) is 0 Å². The quantitative estimate of drug-likeness (QED) is 0.673. The second-order valence-corrected chi connectivity index (χ2v) is 8.20. The van der Waals surface area contributed by atoms with Crippen molar-refractivity contribution in [3.63, 3.8) is 0 Å². The van der Waals surface area contributed by atoms with Gasteiger partial charge < -0.3 is 14.4 Å². The zero-order chi connectivity index (χ0) is 21.4. The molecule has 10 nitrogen and oxygen atoms in total. The molecule has 0 aliphatic carbocycles. The number of carbonyl (C=O) groups is 2. The molecular weight excluding hydrogens is 388 g/mol. The second-order valence-electron chi connectivity index (χ2n) is 8.20. The monoisotopic (exact) mass is 416 g/mol. The Bertz CT molecular complexity index is 1090. The van der Waals surface area contributed by atoms with Crippen LogP contribution in [0.1, 0.15) is 38.5 Å². The van der Waals surface area contributed by atoms with Gasteiger partial charge in [0.2, 0.25) is 11.8 Å². The molecule has 2 saturated heterocycles. The van der Waals surface area contributed by atoms with Crippen molar-refractivity contribution in [1.29, 1.82) is 0 Å². The summed E-state index contributed by atoms with van der Waals surface area (Å²) in [5.41, 5.74) is -0.121. The third-order valence-corrected chi connectivity index (χ3v) is 6.28. The number of hydrogen-bond acceptors (Lipinski definition) is 5. The fraction of sp³-hybridized carbons (Fsp3) is 0.650. The van der Waals surface area contributed by atoms with Gasteiger partial charge in [0.1, 0.15) is 6.04 Å². The van der Waals surface area contributed by atoms with Crippen molar-refractivity contribution >= 4 is 23.0 Å². The summed E-state index contributed by atoms with van der Waals surface area (Å²) in [6.45, 7) is 2.65. The highest BCUT2D eigenvalue weighted by molar-refractivity contribution is 5.88. The summed E-state index contributed by atoms with van der Waals surface area (Å²) in [6.07, 6.45) is 6.02. The number of carbonyl (C=O) groups excluding carboxylic acids is 2. The molecule has 4 rings (SSSR count). The Hall–Kier alpha value is -2.91. The molecule has 10 heteroatoms. The van der Waals surface area contributed by atoms with Crippen LogP contribution in [0.15, 0.2) is 15.9 Å². The van der Waals surface area contributed by atoms with Crippen LogP contribution in [0.5, 0.6) is 0 Å². The molecule has 1 unspecified atom stereocenters. The lowest BCUT2D eigenvalue weighted by Gasteiger charge is -2.27. The van der Waals surface area contributed by atoms with Gasteiger partial charge in [-0.2, -0.15) is 0 Å². The van der Waals surface area contributed by atoms with E-state index in [0.717, 1.165) is 43.3 Å². The highest BCUT2D eigenvalue weighted by atomic mass is 16.2. The summed E-state index contributed by atoms with van der Waals surface area (Å²) in [5, 5.41) is 0. The van der Waals surface area contributed by atoms with Crippen molar-refractivity contribution in [3.05, 3.63) is 27.2 Å². The van der Waals surface area contributed by atoms with E-state index in [4.69, 9.17) is 0 Å². The first kappa shape index (κ1) is 20.4. The first-order valence-electron chi connectivity index (χ1n) is 10.6. The Morgan fingerprint density at radius 1 is 1.07 bits per heavy atom. The summed E-state index contributed by atoms with van der Waals surface area (Å²) in [7, 11) is 3.02. The smallest absolute Gasteiger partial charge is 0.332 e. The summed E-state index contributed by atoms with van der Waals surface area (Å²) >= 11 is 0. The van der Waals surface area contributed by atoms with Crippen LogP contribution in [0.3, 0.4) is 0 Å². The number of nitrogens with zero attached hydrogens (tertiary/aromatic N) is 6. The van der Waals surface area contributed by atoms with Crippen LogP contribution >= 0.6 is 0 Å². The van der Waals surface area contributed by atoms with Gasteiger partial charge in [0.05, 0.1) is 6.33 Å². The summed E-state index contributed by atoms with van der Waals surface area (Å²) in [6, 6.07) is -0.327. The average Bonchev–Trinajstić information content (AvgIpc) is 3.50. The minimum absolute atomic E-state index is 0.0187. The van der Waals surface area contributed by atoms with Crippen molar-refractivity contribution in [1.82, 2.24) is 28.5 Å². The van der Waals surface area contributed by atoms with Gasteiger partial charge in [-0.05, 0) is 32.1 Å². The molecule has 0 bridgehead atoms. The highest BCUT2D eigenvalue weighted by Crippen LogP contribution is 2.23. The van der Waals surface area contributed by atoms with Gasteiger partial charge in [-0.1, -0.05) is 0 Å². The minimum atomic E-state index is -0.421. The van der Waals surface area contributed by atoms with Gasteiger partial charge in [0, 0.05) is 46.7 Å². The van der Waals surface area contributed by atoms with E-state index in [1.165, 1.54) is 17.9 Å². The van der Waals surface area contributed by atoms with Crippen LogP contribution < -0.4 is 11.2 Å². The average molecular weight is 416 g/mol. The predicted molar refractivity (Wildman–Crippen MR) is 110 cm³/mol. The van der Waals surface area contributed by atoms with E-state index in [1.807, 2.05) is 4.90 Å². The summed E-state index contributed by atoms with van der Waals surface area (Å²) < 4.78 is 4.10. The standard InChI is InChI=1S/C20H28N6O4/c1-22-17-16(19(29)23(2)20(22)30)25(13-21-17)11-6-8-15(27)26-12-5-7-14(26)18(28)24-9-3-4-10-24/h13-14H,3-12H2,1-2H3. The Labute approximate surface area is 173 Å². The van der Waals surface area contributed by atoms with E-state index in [9.17, 15) is 19.2 Å². The maximum absolute atomic E-state index is 12.8. The van der Waals surface area contributed by atoms with E-state index in [-0.39, 0.29) is 17.9 Å². The Morgan fingerprint density at radius 2 is 1.80 bits per heavy atom. The van der Waals surface area contributed by atoms with Crippen molar-refractivity contribution < 1.29 is 9.59 Å². The summed E-state index contributed by atoms with van der Waals surface area (Å²) in [4.78, 5) is 57.9. The lowest BCUT2D eigenvalue weighted by atomic mass is 10.2. The van der Waals surface area contributed by atoms with Crippen LogP contribution in [-0.2, 0) is 30.2 Å². The fourth-order valence-corrected chi connectivity index (χ4v) is 4.58. The van der Waals surface area contributed by atoms with Crippen molar-refractivity contribution in [3.8, 4) is 0 Å². The normalized spacial score (nSPS) is 19.2. The minimum Gasteiger partial charge on any atom is -0.341 e. The molecule has 2 aliphatic rings. The summed E-state index contributed by atoms with van der Waals surface area (Å²) in [5.74, 6) is 0.0677. The molecule has 0 radical (unpaired) electrons. The first-order chi connectivity index (χ1) is 14.4. The lowest BCUT2D eigenvalue weighted by molar-refractivity contribution is -0.143. The van der Waals surface area contributed by atoms with Crippen LogP contribution in [0.4, 0.5) is 0 Å². The van der Waals surface area contributed by atoms with Gasteiger partial charge in [-0.25, -0.2) is 9.78 Å². The molecule has 2 fully saturated rings. The second kappa shape index (κ2) is 8.08. The molecule has 0 saturated carbocycles. The number of likely N-dealkylation sites (tertiary alicyclic amines) is 2. The van der Waals surface area contributed by atoms with Gasteiger partial charge >= 0.3 is 5.69 Å². The number of hydrogen-bond donors (Lipinski definition) is 0. The number of aromatic nitrogens is 4. The topological polar surface area (TPSA) is 102 Å². The van der Waals surface area contributed by atoms with Crippen molar-refractivity contribution in [2.75, 3.05) is 19.6 Å². The lowest BCUT2D eigenvalue weighted by Crippen LogP contribution is -2.46. The van der Waals surface area contributed by atoms with Crippen LogP contribution in [-0.4, -0.2) is 66.0 Å². The number of imidazole rings is 1. The van der Waals surface area contributed by atoms with E-state index in [0.29, 0.717) is 37.1 Å². The number of fused-ring (bicyclic) bond motifs is 1. The maximum atomic E-state index is 12.8. The molecule has 2 aliphatic heterocycles. The molecule has 1 atom stereocenters. The third kappa shape index (κ3) is 3.44. The molecule has 30 heavy (non-hydrogen) atoms. The zero-order valence-electron chi connectivity index (χ0n) is 17.5. The van der Waals surface area contributed by atoms with Gasteiger partial charge in [0.25, 0.3) is 5.56 Å². The third-order valence-electron chi connectivity index (χ3n) is 6.28. The molecule has 2 aromatic rings. The Morgan fingerprint density at radius 3 is 2.53 bits per heavy atom. The largest absolute Gasteiger partial charge is 0.341 e. The molecule has 4 heterocycles. The van der Waals surface area contributed by atoms with Crippen molar-refractivity contribution in [2.24, 2.45) is 14.1 Å². The van der Waals surface area contributed by atoms with Crippen molar-refractivity contribution in [2.45, 2.75) is 51.1 Å². The SMILES string of the molecule is Cn1c(=O)c2c(ncn2CCCC(=O)N2CCCC2C(=O)N2CCCC2)n(C)c1=O. The van der Waals surface area contributed by atoms with Gasteiger partial charge in [0.15, 0.2) is 11.2 Å². The number of aryl methyl sites for hydroxylation is 2. The van der Waals surface area contributed by atoms with E-state index >= 15 is 0 Å². The van der Waals surface area contributed by atoms with Crippen LogP contribution in [0.25, 0.3) is 11.2 Å². The number of rotatable bonds is 5. The number of amides is 2. The molecular formula is C20H28N6O4. The Balaban J connectivity index is 1.42. The highest BCUT2D eigenvalue weighted by Gasteiger charge is 2.36. The van der Waals surface area contributed by atoms with E-state index in [2.05, 4.69) is 4.98 Å². The van der Waals surface area contributed by atoms with Crippen LogP contribution in [0, 0.1) is 0 Å². The first-order valence-corrected chi connectivity index (χ1v) is 10.6. The van der Waals surface area contributed by atoms with Gasteiger partial charge in [-0.3, -0.25) is 23.5 Å². The molecule has 162 valence electrons. The zero-order valence-corrected chi connectivity index (χ0v) is 17.5. The molecule has 2 aromatic heterocycles.